The van der Waals surface area contributed by atoms with Crippen LogP contribution in [0, 0.1) is 11.8 Å². The lowest BCUT2D eigenvalue weighted by Gasteiger charge is -2.32. The van der Waals surface area contributed by atoms with Crippen molar-refractivity contribution in [3.05, 3.63) is 35.9 Å². The third kappa shape index (κ3) is 4.34. The lowest BCUT2D eigenvalue weighted by Crippen LogP contribution is -2.45. The summed E-state index contributed by atoms with van der Waals surface area (Å²) in [5.74, 6) is 1.22. The Bertz CT molecular complexity index is 656. The first-order valence-corrected chi connectivity index (χ1v) is 10.4. The zero-order valence-electron chi connectivity index (χ0n) is 13.6. The zero-order chi connectivity index (χ0) is 16.4. The van der Waals surface area contributed by atoms with Gasteiger partial charge in [-0.25, -0.2) is 8.42 Å². The second-order valence-electron chi connectivity index (χ2n) is 7.08. The number of likely N-dealkylation sites (tertiary alicyclic amines) is 1. The van der Waals surface area contributed by atoms with Gasteiger partial charge in [0.1, 0.15) is 0 Å². The van der Waals surface area contributed by atoms with Crippen LogP contribution in [0.15, 0.2) is 30.3 Å². The average molecular weight is 335 g/mol. The first kappa shape index (κ1) is 16.5. The molecule has 4 nitrogen and oxygen atoms in total. The van der Waals surface area contributed by atoms with Gasteiger partial charge in [0, 0.05) is 25.8 Å². The Balaban J connectivity index is 1.49. The van der Waals surface area contributed by atoms with Crippen LogP contribution < -0.4 is 0 Å². The molecule has 0 spiro atoms. The number of carbonyl (C=O) groups excluding carboxylic acids is 1. The van der Waals surface area contributed by atoms with Gasteiger partial charge in [-0.1, -0.05) is 30.3 Å². The van der Waals surface area contributed by atoms with Gasteiger partial charge in [0.25, 0.3) is 0 Å². The number of piperidine rings is 1. The molecule has 126 valence electrons. The molecule has 2 fully saturated rings. The number of hydrogen-bond acceptors (Lipinski definition) is 3. The van der Waals surface area contributed by atoms with Gasteiger partial charge in [-0.15, -0.1) is 0 Å². The molecule has 0 N–H and O–H groups in total. The number of amides is 1. The Kier molecular flexibility index (Phi) is 4.76. The summed E-state index contributed by atoms with van der Waals surface area (Å²) in [6.45, 7) is 1.09. The minimum absolute atomic E-state index is 0.138. The lowest BCUT2D eigenvalue weighted by molar-refractivity contribution is -0.132. The van der Waals surface area contributed by atoms with Crippen LogP contribution in [0.4, 0.5) is 0 Å². The molecular formula is C18H25NO3S. The topological polar surface area (TPSA) is 54.5 Å². The average Bonchev–Trinajstić information content (AvgIpc) is 3.25. The number of benzene rings is 1. The highest BCUT2D eigenvalue weighted by Crippen LogP contribution is 2.44. The fourth-order valence-corrected chi connectivity index (χ4v) is 4.64. The molecule has 3 atom stereocenters. The third-order valence-electron chi connectivity index (χ3n) is 5.18. The van der Waals surface area contributed by atoms with Crippen LogP contribution in [0.25, 0.3) is 0 Å². The highest BCUT2D eigenvalue weighted by atomic mass is 32.2. The van der Waals surface area contributed by atoms with Crippen LogP contribution in [-0.4, -0.2) is 43.8 Å². The van der Waals surface area contributed by atoms with Crippen molar-refractivity contribution in [2.45, 2.75) is 37.4 Å². The molecule has 0 radical (unpaired) electrons. The van der Waals surface area contributed by atoms with E-state index in [2.05, 4.69) is 24.3 Å². The minimum atomic E-state index is -3.05. The van der Waals surface area contributed by atoms with Crippen molar-refractivity contribution in [3.63, 3.8) is 0 Å². The summed E-state index contributed by atoms with van der Waals surface area (Å²) >= 11 is 0. The van der Waals surface area contributed by atoms with Gasteiger partial charge in [0.15, 0.2) is 9.84 Å². The van der Waals surface area contributed by atoms with Gasteiger partial charge >= 0.3 is 0 Å². The molecule has 1 amide bonds. The van der Waals surface area contributed by atoms with Crippen molar-refractivity contribution in [1.82, 2.24) is 4.90 Å². The van der Waals surface area contributed by atoms with E-state index in [-0.39, 0.29) is 11.2 Å². The highest BCUT2D eigenvalue weighted by molar-refractivity contribution is 7.91. The maximum Gasteiger partial charge on any atom is 0.222 e. The van der Waals surface area contributed by atoms with E-state index in [0.717, 1.165) is 19.3 Å². The highest BCUT2D eigenvalue weighted by Gasteiger charge is 2.40. The molecule has 1 aliphatic carbocycles. The van der Waals surface area contributed by atoms with Crippen molar-refractivity contribution in [3.8, 4) is 0 Å². The van der Waals surface area contributed by atoms with Gasteiger partial charge in [0.05, 0.1) is 5.25 Å². The van der Waals surface area contributed by atoms with E-state index in [1.165, 1.54) is 11.8 Å². The molecule has 2 aliphatic rings. The largest absolute Gasteiger partial charge is 0.341 e. The minimum Gasteiger partial charge on any atom is -0.341 e. The van der Waals surface area contributed by atoms with E-state index in [1.54, 1.807) is 4.90 Å². The normalized spacial score (nSPS) is 27.7. The molecule has 5 heteroatoms. The van der Waals surface area contributed by atoms with Gasteiger partial charge in [0.2, 0.25) is 5.91 Å². The fraction of sp³-hybridized carbons (Fsp3) is 0.611. The summed E-state index contributed by atoms with van der Waals surface area (Å²) in [5, 5.41) is -0.375. The number of nitrogens with zero attached hydrogens (tertiary/aromatic N) is 1. The fourth-order valence-electron chi connectivity index (χ4n) is 3.59. The van der Waals surface area contributed by atoms with Gasteiger partial charge < -0.3 is 4.90 Å². The van der Waals surface area contributed by atoms with Crippen molar-refractivity contribution < 1.29 is 13.2 Å². The molecule has 1 heterocycles. The van der Waals surface area contributed by atoms with E-state index in [1.807, 2.05) is 6.07 Å². The predicted octanol–water partition coefficient (Wildman–Crippen LogP) is 2.29. The van der Waals surface area contributed by atoms with Crippen LogP contribution in [0.3, 0.4) is 0 Å². The Morgan fingerprint density at radius 3 is 2.65 bits per heavy atom. The molecule has 3 rings (SSSR count). The van der Waals surface area contributed by atoms with E-state index in [0.29, 0.717) is 37.8 Å². The Morgan fingerprint density at radius 2 is 1.96 bits per heavy atom. The number of rotatable bonds is 5. The standard InChI is InChI=1S/C18H25NO3S/c1-23(21,22)17-8-5-9-19(13-17)18(20)12-16-11-15(16)10-14-6-3-2-4-7-14/h2-4,6-7,15-17H,5,8-13H2,1H3/t15-,16+,17?/m1/s1. The smallest absolute Gasteiger partial charge is 0.222 e. The Morgan fingerprint density at radius 1 is 1.22 bits per heavy atom. The molecule has 1 aliphatic heterocycles. The van der Waals surface area contributed by atoms with Crippen molar-refractivity contribution in [2.75, 3.05) is 19.3 Å². The van der Waals surface area contributed by atoms with Crippen molar-refractivity contribution in [1.29, 1.82) is 0 Å². The maximum atomic E-state index is 12.5. The van der Waals surface area contributed by atoms with Crippen LogP contribution >= 0.6 is 0 Å². The van der Waals surface area contributed by atoms with Gasteiger partial charge in [-0.3, -0.25) is 4.79 Å². The first-order valence-electron chi connectivity index (χ1n) is 8.44. The number of hydrogen-bond donors (Lipinski definition) is 0. The van der Waals surface area contributed by atoms with E-state index in [4.69, 9.17) is 0 Å². The summed E-state index contributed by atoms with van der Waals surface area (Å²) in [5.41, 5.74) is 1.34. The van der Waals surface area contributed by atoms with Crippen LogP contribution in [0.1, 0.15) is 31.2 Å². The third-order valence-corrected chi connectivity index (χ3v) is 6.78. The molecule has 1 aromatic carbocycles. The maximum absolute atomic E-state index is 12.5. The summed E-state index contributed by atoms with van der Waals surface area (Å²) in [7, 11) is -3.05. The molecular weight excluding hydrogens is 310 g/mol. The van der Waals surface area contributed by atoms with E-state index in [9.17, 15) is 13.2 Å². The SMILES string of the molecule is CS(=O)(=O)C1CCCN(C(=O)C[C@@H]2C[C@H]2Cc2ccccc2)C1. The molecule has 0 bridgehead atoms. The van der Waals surface area contributed by atoms with Crippen LogP contribution in [0.2, 0.25) is 0 Å². The quantitative estimate of drug-likeness (QED) is 0.829. The summed E-state index contributed by atoms with van der Waals surface area (Å²) in [6.07, 6.45) is 5.50. The van der Waals surface area contributed by atoms with Crippen LogP contribution in [-0.2, 0) is 21.1 Å². The van der Waals surface area contributed by atoms with Gasteiger partial charge in [-0.2, -0.15) is 0 Å². The van der Waals surface area contributed by atoms with Crippen molar-refractivity contribution in [2.24, 2.45) is 11.8 Å². The molecule has 1 saturated heterocycles. The lowest BCUT2D eigenvalue weighted by atomic mass is 10.1. The molecule has 1 aromatic rings. The van der Waals surface area contributed by atoms with Crippen molar-refractivity contribution >= 4 is 15.7 Å². The molecule has 0 aromatic heterocycles. The van der Waals surface area contributed by atoms with Gasteiger partial charge in [-0.05, 0) is 43.1 Å². The van der Waals surface area contributed by atoms with E-state index >= 15 is 0 Å². The monoisotopic (exact) mass is 335 g/mol. The second-order valence-corrected chi connectivity index (χ2v) is 9.41. The number of sulfone groups is 1. The van der Waals surface area contributed by atoms with E-state index < -0.39 is 9.84 Å². The van der Waals surface area contributed by atoms with Crippen LogP contribution in [0.5, 0.6) is 0 Å². The molecule has 1 unspecified atom stereocenters. The first-order chi connectivity index (χ1) is 10.9. The Labute approximate surface area is 138 Å². The summed E-state index contributed by atoms with van der Waals surface area (Å²) in [6, 6.07) is 10.4. The predicted molar refractivity (Wildman–Crippen MR) is 90.8 cm³/mol. The second kappa shape index (κ2) is 6.63. The summed E-state index contributed by atoms with van der Waals surface area (Å²) in [4.78, 5) is 14.2. The zero-order valence-corrected chi connectivity index (χ0v) is 14.5. The molecule has 23 heavy (non-hydrogen) atoms. The Hall–Kier alpha value is -1.36. The number of carbonyl (C=O) groups is 1. The molecule has 1 saturated carbocycles. The summed E-state index contributed by atoms with van der Waals surface area (Å²) < 4.78 is 23.4.